The van der Waals surface area contributed by atoms with Gasteiger partial charge in [-0.1, -0.05) is 12.1 Å². The number of ether oxygens (including phenoxy) is 2. The lowest BCUT2D eigenvalue weighted by atomic mass is 10.1. The topological polar surface area (TPSA) is 291 Å². The minimum Gasteiger partial charge on any atom is -0.508 e. The number of aromatic amines is 1. The number of aromatic nitrogens is 2. The molecule has 1 heterocycles. The third-order valence-electron chi connectivity index (χ3n) is 9.70. The Labute approximate surface area is 369 Å². The molecule has 5 amide bonds. The van der Waals surface area contributed by atoms with E-state index < -0.39 is 52.7 Å². The number of carbonyl (C=O) groups is 6. The predicted molar refractivity (Wildman–Crippen MR) is 238 cm³/mol. The van der Waals surface area contributed by atoms with E-state index in [1.807, 2.05) is 0 Å². The zero-order valence-corrected chi connectivity index (χ0v) is 34.8. The van der Waals surface area contributed by atoms with E-state index in [1.165, 1.54) is 86.4 Å². The van der Waals surface area contributed by atoms with Crippen molar-refractivity contribution < 1.29 is 58.7 Å². The van der Waals surface area contributed by atoms with Gasteiger partial charge in [-0.3, -0.25) is 24.0 Å². The molecule has 0 aliphatic carbocycles. The number of carbonyl (C=O) groups excluding carboxylic acids is 5. The number of nitrogens with one attached hydrogen (secondary N) is 6. The van der Waals surface area contributed by atoms with E-state index in [4.69, 9.17) is 9.47 Å². The number of carboxylic acid groups (broad SMARTS) is 1. The number of imidazole rings is 1. The zero-order valence-electron chi connectivity index (χ0n) is 34.8. The van der Waals surface area contributed by atoms with E-state index >= 15 is 0 Å². The van der Waals surface area contributed by atoms with Crippen molar-refractivity contribution >= 4 is 64.3 Å². The second-order valence-electron chi connectivity index (χ2n) is 14.1. The summed E-state index contributed by atoms with van der Waals surface area (Å²) >= 11 is 0. The van der Waals surface area contributed by atoms with Gasteiger partial charge in [0.1, 0.15) is 17.4 Å². The number of phenols is 3. The fourth-order valence-electron chi connectivity index (χ4n) is 6.31. The van der Waals surface area contributed by atoms with Crippen LogP contribution >= 0.6 is 0 Å². The van der Waals surface area contributed by atoms with Gasteiger partial charge in [-0.25, -0.2) is 9.78 Å². The molecular weight excluding hydrogens is 843 g/mol. The summed E-state index contributed by atoms with van der Waals surface area (Å²) in [7, 11) is 2.37. The molecule has 0 saturated carbocycles. The van der Waals surface area contributed by atoms with Crippen LogP contribution in [-0.2, 0) is 16.0 Å². The molecule has 5 aromatic carbocycles. The number of benzene rings is 5. The lowest BCUT2D eigenvalue weighted by Gasteiger charge is -2.18. The number of carboxylic acids is 1. The smallest absolute Gasteiger partial charge is 0.339 e. The summed E-state index contributed by atoms with van der Waals surface area (Å²) in [6.07, 6.45) is 4.66. The third kappa shape index (κ3) is 11.0. The summed E-state index contributed by atoms with van der Waals surface area (Å²) < 4.78 is 10.4. The minimum atomic E-state index is -1.42. The van der Waals surface area contributed by atoms with Crippen LogP contribution in [0.4, 0.5) is 22.7 Å². The van der Waals surface area contributed by atoms with Gasteiger partial charge in [0.2, 0.25) is 5.91 Å². The number of anilines is 4. The maximum atomic E-state index is 13.6. The Bertz CT molecular complexity index is 2790. The summed E-state index contributed by atoms with van der Waals surface area (Å²) in [4.78, 5) is 84.5. The van der Waals surface area contributed by atoms with Crippen molar-refractivity contribution in [3.8, 4) is 28.7 Å². The summed E-state index contributed by atoms with van der Waals surface area (Å²) in [6, 6.07) is 21.9. The van der Waals surface area contributed by atoms with Crippen molar-refractivity contribution in [3.05, 3.63) is 149 Å². The molecule has 332 valence electrons. The average molecular weight is 884 g/mol. The maximum Gasteiger partial charge on any atom is 0.339 e. The molecular formula is C46H41N7O12. The molecule has 0 fully saturated rings. The van der Waals surface area contributed by atoms with E-state index in [-0.39, 0.29) is 57.6 Å². The molecule has 65 heavy (non-hydrogen) atoms. The van der Waals surface area contributed by atoms with Gasteiger partial charge < -0.3 is 61.5 Å². The van der Waals surface area contributed by atoms with Crippen molar-refractivity contribution in [2.45, 2.75) is 19.4 Å². The summed E-state index contributed by atoms with van der Waals surface area (Å²) in [6.45, 7) is 1.64. The van der Waals surface area contributed by atoms with Crippen LogP contribution in [0.1, 0.15) is 59.6 Å². The van der Waals surface area contributed by atoms with Crippen LogP contribution in [0.3, 0.4) is 0 Å². The first-order valence-electron chi connectivity index (χ1n) is 19.4. The Morgan fingerprint density at radius 2 is 1.20 bits per heavy atom. The quantitative estimate of drug-likeness (QED) is 0.0518. The van der Waals surface area contributed by atoms with E-state index in [2.05, 4.69) is 36.6 Å². The van der Waals surface area contributed by atoms with Gasteiger partial charge in [0.25, 0.3) is 23.6 Å². The molecule has 19 heteroatoms. The van der Waals surface area contributed by atoms with Crippen molar-refractivity contribution in [2.24, 2.45) is 0 Å². The standard InChI is InChI=1S/C46H41N7O12/c1-24(20-25-4-14-31(54)15-5-25)41(57)49-28-10-6-27(7-11-28)43(59)53-36(21-30-22-47-23-48-30)45(61)50-29-12-8-26(9-13-29)42(58)51-34-18-16-32(37(55)39(34)64-2)44(60)52-35-19-17-33(46(62)63)38(56)40(35)65-3/h4-20,22-23,36,54-56H,21H2,1-3H3,(H,47,48)(H,49,57)(H,50,61)(H,51,58)(H,52,60)(H,53,59)(H,62,63)/b24-20+/t36-/m1/s1. The van der Waals surface area contributed by atoms with E-state index in [9.17, 15) is 49.2 Å². The molecule has 6 rings (SSSR count). The number of methoxy groups -OCH3 is 2. The Hall–Kier alpha value is -9.13. The largest absolute Gasteiger partial charge is 0.508 e. The number of hydrogen-bond acceptors (Lipinski definition) is 12. The van der Waals surface area contributed by atoms with Crippen LogP contribution < -0.4 is 36.1 Å². The second-order valence-corrected chi connectivity index (χ2v) is 14.1. The van der Waals surface area contributed by atoms with Gasteiger partial charge in [0.15, 0.2) is 23.0 Å². The molecule has 6 aromatic rings. The van der Waals surface area contributed by atoms with Crippen LogP contribution in [-0.4, -0.2) is 86.2 Å². The third-order valence-corrected chi connectivity index (χ3v) is 9.70. The molecule has 0 aliphatic rings. The fraction of sp³-hybridized carbons (Fsp3) is 0.109. The number of nitrogens with zero attached hydrogens (tertiary/aromatic N) is 1. The molecule has 1 atom stereocenters. The summed E-state index contributed by atoms with van der Waals surface area (Å²) in [5, 5.41) is 53.4. The Kier molecular flexibility index (Phi) is 14.1. The number of H-pyrrole nitrogens is 1. The molecule has 0 saturated heterocycles. The van der Waals surface area contributed by atoms with E-state index in [0.717, 1.165) is 18.7 Å². The molecule has 1 aromatic heterocycles. The predicted octanol–water partition coefficient (Wildman–Crippen LogP) is 5.77. The van der Waals surface area contributed by atoms with E-state index in [1.54, 1.807) is 37.3 Å². The highest BCUT2D eigenvalue weighted by atomic mass is 16.5. The van der Waals surface area contributed by atoms with Gasteiger partial charge in [0, 0.05) is 46.4 Å². The molecule has 19 nitrogen and oxygen atoms in total. The lowest BCUT2D eigenvalue weighted by Crippen LogP contribution is -2.45. The first-order chi connectivity index (χ1) is 31.1. The second kappa shape index (κ2) is 20.2. The number of aromatic carboxylic acids is 1. The average Bonchev–Trinajstić information content (AvgIpc) is 3.80. The maximum absolute atomic E-state index is 13.6. The summed E-state index contributed by atoms with van der Waals surface area (Å²) in [5.41, 5.74) is 1.92. The first-order valence-corrected chi connectivity index (χ1v) is 19.4. The normalized spacial score (nSPS) is 11.4. The van der Waals surface area contributed by atoms with Gasteiger partial charge in [-0.2, -0.15) is 0 Å². The summed E-state index contributed by atoms with van der Waals surface area (Å²) in [5.74, 6) is -6.30. The minimum absolute atomic E-state index is 0.00373. The molecule has 0 aliphatic heterocycles. The SMILES string of the molecule is COc1c(NC(=O)c2ccc(NC(=O)c3ccc(NC(=O)[C@@H](Cc4cnc[nH]4)NC(=O)c4ccc(NC(=O)/C(C)=C/c5ccc(O)cc5)cc4)cc3)c(OC)c2O)ccc(C(=O)O)c1O. The lowest BCUT2D eigenvalue weighted by molar-refractivity contribution is -0.118. The van der Waals surface area contributed by atoms with Crippen LogP contribution in [0, 0.1) is 0 Å². The highest BCUT2D eigenvalue weighted by Crippen LogP contribution is 2.40. The first kappa shape index (κ1) is 45.4. The number of phenolic OH excluding ortho intramolecular Hbond substituents is 2. The van der Waals surface area contributed by atoms with Gasteiger partial charge >= 0.3 is 5.97 Å². The Morgan fingerprint density at radius 3 is 1.75 bits per heavy atom. The zero-order chi connectivity index (χ0) is 46.8. The van der Waals surface area contributed by atoms with Gasteiger partial charge in [0.05, 0.1) is 37.5 Å². The fourth-order valence-corrected chi connectivity index (χ4v) is 6.31. The van der Waals surface area contributed by atoms with Crippen LogP contribution in [0.2, 0.25) is 0 Å². The molecule has 0 bridgehead atoms. The number of rotatable bonds is 16. The Morgan fingerprint density at radius 1 is 0.662 bits per heavy atom. The van der Waals surface area contributed by atoms with Crippen LogP contribution in [0.25, 0.3) is 6.08 Å². The number of amides is 5. The monoisotopic (exact) mass is 883 g/mol. The molecule has 10 N–H and O–H groups in total. The molecule has 0 spiro atoms. The van der Waals surface area contributed by atoms with Crippen LogP contribution in [0.15, 0.2) is 115 Å². The van der Waals surface area contributed by atoms with Crippen LogP contribution in [0.5, 0.6) is 28.7 Å². The Balaban J connectivity index is 1.08. The van der Waals surface area contributed by atoms with Gasteiger partial charge in [-0.05, 0) is 103 Å². The molecule has 0 unspecified atom stereocenters. The number of aromatic hydroxyl groups is 3. The van der Waals surface area contributed by atoms with Crippen molar-refractivity contribution in [3.63, 3.8) is 0 Å². The highest BCUT2D eigenvalue weighted by Gasteiger charge is 2.25. The molecule has 0 radical (unpaired) electrons. The van der Waals surface area contributed by atoms with Crippen molar-refractivity contribution in [1.82, 2.24) is 15.3 Å². The van der Waals surface area contributed by atoms with E-state index in [0.29, 0.717) is 22.6 Å². The number of hydrogen-bond donors (Lipinski definition) is 10. The van der Waals surface area contributed by atoms with Crippen molar-refractivity contribution in [2.75, 3.05) is 35.5 Å². The van der Waals surface area contributed by atoms with Crippen molar-refractivity contribution in [1.29, 1.82) is 0 Å². The highest BCUT2D eigenvalue weighted by molar-refractivity contribution is 6.11. The van der Waals surface area contributed by atoms with Gasteiger partial charge in [-0.15, -0.1) is 0 Å².